The molecule has 1 unspecified atom stereocenters. The molecule has 0 amide bonds. The Morgan fingerprint density at radius 2 is 2.33 bits per heavy atom. The van der Waals surface area contributed by atoms with Gasteiger partial charge >= 0.3 is 5.97 Å². The average molecular weight is 292 g/mol. The minimum atomic E-state index is -1.00. The average Bonchev–Trinajstić information content (AvgIpc) is 2.92. The summed E-state index contributed by atoms with van der Waals surface area (Å²) in [6.45, 7) is 1.51. The van der Waals surface area contributed by atoms with Crippen molar-refractivity contribution in [3.63, 3.8) is 0 Å². The summed E-state index contributed by atoms with van der Waals surface area (Å²) in [4.78, 5) is 15.9. The molecule has 0 aromatic carbocycles. The lowest BCUT2D eigenvalue weighted by atomic mass is 10.1. The molecule has 0 fully saturated rings. The summed E-state index contributed by atoms with van der Waals surface area (Å²) in [7, 11) is 0. The van der Waals surface area contributed by atoms with Crippen LogP contribution in [-0.2, 0) is 11.3 Å². The molecule has 0 bridgehead atoms. The highest BCUT2D eigenvalue weighted by Gasteiger charge is 2.23. The number of esters is 1. The van der Waals surface area contributed by atoms with Crippen LogP contribution in [0.1, 0.15) is 17.4 Å². The third-order valence-corrected chi connectivity index (χ3v) is 2.73. The molecule has 0 aliphatic carbocycles. The number of aliphatic hydroxyl groups excluding tert-OH is 2. The van der Waals surface area contributed by atoms with Crippen molar-refractivity contribution in [2.24, 2.45) is 0 Å². The number of carbonyl (C=O) groups is 1. The predicted molar refractivity (Wildman–Crippen MR) is 72.3 cm³/mol. The number of carbonyl (C=O) groups excluding carboxylic acids is 1. The van der Waals surface area contributed by atoms with Crippen molar-refractivity contribution in [1.82, 2.24) is 20.0 Å². The van der Waals surface area contributed by atoms with Gasteiger partial charge in [0.2, 0.25) is 0 Å². The fraction of sp³-hybridized carbons (Fsp3) is 0.385. The fourth-order valence-electron chi connectivity index (χ4n) is 1.82. The van der Waals surface area contributed by atoms with Crippen LogP contribution in [0, 0.1) is 0 Å². The van der Waals surface area contributed by atoms with Gasteiger partial charge in [0.15, 0.2) is 5.69 Å². The van der Waals surface area contributed by atoms with Crippen LogP contribution in [-0.4, -0.2) is 55.5 Å². The van der Waals surface area contributed by atoms with Crippen LogP contribution in [0.15, 0.2) is 24.5 Å². The minimum absolute atomic E-state index is 0.00708. The van der Waals surface area contributed by atoms with Crippen molar-refractivity contribution in [1.29, 1.82) is 0 Å². The largest absolute Gasteiger partial charge is 0.461 e. The SMILES string of the molecule is CCOC(=O)c1nnn(CC(O)CO)c1-c1cccnc1. The molecule has 0 spiro atoms. The minimum Gasteiger partial charge on any atom is -0.461 e. The normalized spacial score (nSPS) is 12.1. The highest BCUT2D eigenvalue weighted by Crippen LogP contribution is 2.22. The van der Waals surface area contributed by atoms with Crippen LogP contribution in [0.4, 0.5) is 0 Å². The second kappa shape index (κ2) is 6.91. The van der Waals surface area contributed by atoms with Gasteiger partial charge in [-0.05, 0) is 19.1 Å². The van der Waals surface area contributed by atoms with Gasteiger partial charge in [0.1, 0.15) is 5.69 Å². The first-order valence-corrected chi connectivity index (χ1v) is 6.47. The van der Waals surface area contributed by atoms with Gasteiger partial charge in [0.25, 0.3) is 0 Å². The predicted octanol–water partition coefficient (Wildman–Crippen LogP) is -0.130. The maximum Gasteiger partial charge on any atom is 0.361 e. The molecule has 2 rings (SSSR count). The standard InChI is InChI=1S/C13H16N4O4/c1-2-21-13(20)11-12(9-4-3-5-14-6-9)17(16-15-11)7-10(19)8-18/h3-6,10,18-19H,2,7-8H2,1H3. The van der Waals surface area contributed by atoms with E-state index in [-0.39, 0.29) is 18.8 Å². The third kappa shape index (κ3) is 3.41. The van der Waals surface area contributed by atoms with Gasteiger partial charge in [-0.1, -0.05) is 5.21 Å². The molecular formula is C13H16N4O4. The number of aromatic nitrogens is 4. The molecule has 2 aromatic heterocycles. The first-order valence-electron chi connectivity index (χ1n) is 6.47. The zero-order valence-corrected chi connectivity index (χ0v) is 11.5. The second-order valence-corrected chi connectivity index (χ2v) is 4.27. The van der Waals surface area contributed by atoms with Crippen LogP contribution in [0.5, 0.6) is 0 Å². The van der Waals surface area contributed by atoms with Crippen molar-refractivity contribution in [2.75, 3.05) is 13.2 Å². The Bertz CT molecular complexity index is 599. The lowest BCUT2D eigenvalue weighted by Gasteiger charge is -2.10. The van der Waals surface area contributed by atoms with E-state index in [1.807, 2.05) is 0 Å². The Balaban J connectivity index is 2.45. The van der Waals surface area contributed by atoms with E-state index in [1.165, 1.54) is 4.68 Å². The summed E-state index contributed by atoms with van der Waals surface area (Å²) >= 11 is 0. The summed E-state index contributed by atoms with van der Waals surface area (Å²) in [5, 5.41) is 26.2. The molecule has 112 valence electrons. The van der Waals surface area contributed by atoms with E-state index in [4.69, 9.17) is 9.84 Å². The summed E-state index contributed by atoms with van der Waals surface area (Å²) in [6.07, 6.45) is 2.16. The quantitative estimate of drug-likeness (QED) is 0.713. The molecule has 0 saturated carbocycles. The molecule has 0 aliphatic rings. The number of rotatable bonds is 6. The first kappa shape index (κ1) is 15.1. The summed E-state index contributed by atoms with van der Waals surface area (Å²) in [5.74, 6) is -0.596. The van der Waals surface area contributed by atoms with Crippen LogP contribution in [0.25, 0.3) is 11.3 Å². The molecule has 2 heterocycles. The van der Waals surface area contributed by atoms with Crippen LogP contribution in [0.2, 0.25) is 0 Å². The summed E-state index contributed by atoms with van der Waals surface area (Å²) in [6, 6.07) is 3.46. The number of hydrogen-bond donors (Lipinski definition) is 2. The van der Waals surface area contributed by atoms with Gasteiger partial charge in [-0.15, -0.1) is 5.10 Å². The topological polar surface area (TPSA) is 110 Å². The summed E-state index contributed by atoms with van der Waals surface area (Å²) < 4.78 is 6.30. The number of pyridine rings is 1. The Morgan fingerprint density at radius 3 is 2.95 bits per heavy atom. The van der Waals surface area contributed by atoms with Gasteiger partial charge in [-0.2, -0.15) is 0 Å². The maximum atomic E-state index is 11.9. The Labute approximate surface area is 121 Å². The molecular weight excluding hydrogens is 276 g/mol. The van der Waals surface area contributed by atoms with E-state index in [0.29, 0.717) is 11.3 Å². The molecule has 0 radical (unpaired) electrons. The lowest BCUT2D eigenvalue weighted by molar-refractivity contribution is 0.0520. The number of nitrogens with zero attached hydrogens (tertiary/aromatic N) is 4. The Hall–Kier alpha value is -2.32. The summed E-state index contributed by atoms with van der Waals surface area (Å²) in [5.41, 5.74) is 1.07. The van der Waals surface area contributed by atoms with Gasteiger partial charge < -0.3 is 14.9 Å². The van der Waals surface area contributed by atoms with Gasteiger partial charge in [-0.3, -0.25) is 4.98 Å². The van der Waals surface area contributed by atoms with Crippen LogP contribution >= 0.6 is 0 Å². The highest BCUT2D eigenvalue weighted by atomic mass is 16.5. The maximum absolute atomic E-state index is 11.9. The monoisotopic (exact) mass is 292 g/mol. The van der Waals surface area contributed by atoms with Gasteiger partial charge in [0, 0.05) is 18.0 Å². The van der Waals surface area contributed by atoms with Crippen LogP contribution in [0.3, 0.4) is 0 Å². The number of hydrogen-bond acceptors (Lipinski definition) is 7. The van der Waals surface area contributed by atoms with E-state index in [0.717, 1.165) is 0 Å². The molecule has 2 aromatic rings. The smallest absolute Gasteiger partial charge is 0.361 e. The lowest BCUT2D eigenvalue weighted by Crippen LogP contribution is -2.21. The first-order chi connectivity index (χ1) is 10.2. The van der Waals surface area contributed by atoms with Gasteiger partial charge in [0.05, 0.1) is 25.9 Å². The van der Waals surface area contributed by atoms with Crippen molar-refractivity contribution in [3.05, 3.63) is 30.2 Å². The van der Waals surface area contributed by atoms with Gasteiger partial charge in [-0.25, -0.2) is 9.48 Å². The molecule has 0 aliphatic heterocycles. The molecule has 0 saturated heterocycles. The number of aliphatic hydroxyl groups is 2. The van der Waals surface area contributed by atoms with Crippen LogP contribution < -0.4 is 0 Å². The molecule has 2 N–H and O–H groups in total. The van der Waals surface area contributed by atoms with E-state index in [1.54, 1.807) is 31.5 Å². The highest BCUT2D eigenvalue weighted by molar-refractivity contribution is 5.93. The third-order valence-electron chi connectivity index (χ3n) is 2.73. The van der Waals surface area contributed by atoms with E-state index >= 15 is 0 Å². The molecule has 8 nitrogen and oxygen atoms in total. The fourth-order valence-corrected chi connectivity index (χ4v) is 1.82. The molecule has 8 heteroatoms. The zero-order valence-electron chi connectivity index (χ0n) is 11.5. The van der Waals surface area contributed by atoms with Crippen molar-refractivity contribution >= 4 is 5.97 Å². The van der Waals surface area contributed by atoms with Crippen molar-refractivity contribution < 1.29 is 19.7 Å². The second-order valence-electron chi connectivity index (χ2n) is 4.27. The Morgan fingerprint density at radius 1 is 1.52 bits per heavy atom. The van der Waals surface area contributed by atoms with E-state index in [2.05, 4.69) is 15.3 Å². The molecule has 21 heavy (non-hydrogen) atoms. The Kier molecular flexibility index (Phi) is 4.96. The zero-order chi connectivity index (χ0) is 15.2. The van der Waals surface area contributed by atoms with Crippen molar-refractivity contribution in [3.8, 4) is 11.3 Å². The molecule has 1 atom stereocenters. The van der Waals surface area contributed by atoms with E-state index < -0.39 is 18.7 Å². The number of ether oxygens (including phenoxy) is 1. The van der Waals surface area contributed by atoms with E-state index in [9.17, 15) is 9.90 Å². The van der Waals surface area contributed by atoms with Crippen molar-refractivity contribution in [2.45, 2.75) is 19.6 Å².